The molecule has 1 aliphatic heterocycles. The van der Waals surface area contributed by atoms with E-state index in [-0.39, 0.29) is 5.82 Å². The van der Waals surface area contributed by atoms with Crippen molar-refractivity contribution in [3.63, 3.8) is 0 Å². The van der Waals surface area contributed by atoms with Crippen LogP contribution in [0.4, 0.5) is 21.8 Å². The van der Waals surface area contributed by atoms with Gasteiger partial charge in [-0.25, -0.2) is 14.4 Å². The molecule has 3 rings (SSSR count). The highest BCUT2D eigenvalue weighted by Gasteiger charge is 2.09. The van der Waals surface area contributed by atoms with Crippen LogP contribution in [0.3, 0.4) is 0 Å². The van der Waals surface area contributed by atoms with E-state index in [4.69, 9.17) is 0 Å². The van der Waals surface area contributed by atoms with E-state index in [1.807, 2.05) is 6.07 Å². The number of hydrazine groups is 1. The molecule has 2 aromatic rings. The molecule has 122 valence electrons. The summed E-state index contributed by atoms with van der Waals surface area (Å²) in [5.74, 6) is 0.912. The molecule has 0 bridgehead atoms. The first-order valence-electron chi connectivity index (χ1n) is 7.87. The summed E-state index contributed by atoms with van der Waals surface area (Å²) in [5, 5.41) is 8.53. The van der Waals surface area contributed by atoms with Gasteiger partial charge in [-0.3, -0.25) is 5.43 Å². The molecular formula is C16H21FN6. The highest BCUT2D eigenvalue weighted by molar-refractivity contribution is 5.54. The van der Waals surface area contributed by atoms with E-state index in [2.05, 4.69) is 31.0 Å². The Morgan fingerprint density at radius 2 is 2.26 bits per heavy atom. The van der Waals surface area contributed by atoms with E-state index in [1.54, 1.807) is 18.3 Å². The van der Waals surface area contributed by atoms with Gasteiger partial charge in [-0.05, 0) is 37.1 Å². The molecule has 1 saturated heterocycles. The van der Waals surface area contributed by atoms with Gasteiger partial charge in [0.15, 0.2) is 0 Å². The molecule has 0 saturated carbocycles. The molecule has 7 heteroatoms. The van der Waals surface area contributed by atoms with E-state index >= 15 is 0 Å². The van der Waals surface area contributed by atoms with Crippen LogP contribution in [-0.4, -0.2) is 41.2 Å². The minimum atomic E-state index is -0.292. The lowest BCUT2D eigenvalue weighted by molar-refractivity contribution is 0.253. The largest absolute Gasteiger partial charge is 0.370 e. The highest BCUT2D eigenvalue weighted by Crippen LogP contribution is 2.15. The summed E-state index contributed by atoms with van der Waals surface area (Å²) in [5.41, 5.74) is 3.96. The third-order valence-electron chi connectivity index (χ3n) is 3.59. The minimum absolute atomic E-state index is 0.292. The average Bonchev–Trinajstić information content (AvgIpc) is 3.05. The Morgan fingerprint density at radius 1 is 1.30 bits per heavy atom. The van der Waals surface area contributed by atoms with E-state index < -0.39 is 0 Å². The third kappa shape index (κ3) is 4.87. The van der Waals surface area contributed by atoms with Crippen LogP contribution in [0.2, 0.25) is 0 Å². The van der Waals surface area contributed by atoms with Crippen LogP contribution in [0.25, 0.3) is 0 Å². The Morgan fingerprint density at radius 3 is 3.09 bits per heavy atom. The first-order valence-corrected chi connectivity index (χ1v) is 7.87. The van der Waals surface area contributed by atoms with Crippen molar-refractivity contribution in [1.29, 1.82) is 0 Å². The third-order valence-corrected chi connectivity index (χ3v) is 3.59. The standard InChI is InChI=1S/C16H21FN6/c17-13-4-1-5-14(12-13)21-16-19-9-6-15(22-16)18-7-2-10-23-11-3-8-20-23/h1,4-6,9,12,20H,2-3,7-8,10-11H2,(H2,18,19,21,22). The lowest BCUT2D eigenvalue weighted by Crippen LogP contribution is -2.32. The minimum Gasteiger partial charge on any atom is -0.370 e. The molecule has 2 heterocycles. The Bertz CT molecular complexity index is 629. The summed E-state index contributed by atoms with van der Waals surface area (Å²) in [6.07, 6.45) is 3.93. The Kier molecular flexibility index (Phi) is 5.33. The number of rotatable bonds is 7. The van der Waals surface area contributed by atoms with Crippen LogP contribution in [0, 0.1) is 5.82 Å². The van der Waals surface area contributed by atoms with E-state index in [9.17, 15) is 4.39 Å². The van der Waals surface area contributed by atoms with Gasteiger partial charge in [0.1, 0.15) is 11.6 Å². The van der Waals surface area contributed by atoms with Crippen molar-refractivity contribution in [2.45, 2.75) is 12.8 Å². The van der Waals surface area contributed by atoms with Crippen LogP contribution >= 0.6 is 0 Å². The second-order valence-corrected chi connectivity index (χ2v) is 5.43. The van der Waals surface area contributed by atoms with Crippen LogP contribution in [0.15, 0.2) is 36.5 Å². The Labute approximate surface area is 135 Å². The molecule has 0 aliphatic carbocycles. The van der Waals surface area contributed by atoms with Gasteiger partial charge in [-0.15, -0.1) is 0 Å². The fourth-order valence-electron chi connectivity index (χ4n) is 2.48. The average molecular weight is 316 g/mol. The van der Waals surface area contributed by atoms with Crippen LogP contribution < -0.4 is 16.1 Å². The van der Waals surface area contributed by atoms with Gasteiger partial charge in [0.05, 0.1) is 0 Å². The van der Waals surface area contributed by atoms with Crippen molar-refractivity contribution in [3.05, 3.63) is 42.3 Å². The Balaban J connectivity index is 1.48. The van der Waals surface area contributed by atoms with E-state index in [0.717, 1.165) is 38.4 Å². The normalized spacial score (nSPS) is 14.8. The molecule has 0 unspecified atom stereocenters. The quantitative estimate of drug-likeness (QED) is 0.682. The number of anilines is 3. The maximum Gasteiger partial charge on any atom is 0.229 e. The van der Waals surface area contributed by atoms with Gasteiger partial charge < -0.3 is 10.6 Å². The van der Waals surface area contributed by atoms with Gasteiger partial charge in [0.25, 0.3) is 0 Å². The summed E-state index contributed by atoms with van der Waals surface area (Å²) in [4.78, 5) is 8.53. The number of benzene rings is 1. The second kappa shape index (κ2) is 7.85. The predicted molar refractivity (Wildman–Crippen MR) is 89.0 cm³/mol. The molecule has 0 radical (unpaired) electrons. The first kappa shape index (κ1) is 15.6. The van der Waals surface area contributed by atoms with Crippen molar-refractivity contribution in [2.24, 2.45) is 0 Å². The predicted octanol–water partition coefficient (Wildman–Crippen LogP) is 2.37. The maximum absolute atomic E-state index is 13.2. The number of nitrogens with one attached hydrogen (secondary N) is 3. The summed E-state index contributed by atoms with van der Waals surface area (Å²) >= 11 is 0. The molecule has 0 atom stereocenters. The van der Waals surface area contributed by atoms with Gasteiger partial charge in [0.2, 0.25) is 5.95 Å². The summed E-state index contributed by atoms with van der Waals surface area (Å²) in [6.45, 7) is 4.06. The molecule has 23 heavy (non-hydrogen) atoms. The molecule has 1 aromatic carbocycles. The van der Waals surface area contributed by atoms with Crippen LogP contribution in [-0.2, 0) is 0 Å². The van der Waals surface area contributed by atoms with Gasteiger partial charge in [0, 0.05) is 38.1 Å². The highest BCUT2D eigenvalue weighted by atomic mass is 19.1. The number of aromatic nitrogens is 2. The molecule has 1 aliphatic rings. The van der Waals surface area contributed by atoms with Crippen LogP contribution in [0.5, 0.6) is 0 Å². The zero-order valence-electron chi connectivity index (χ0n) is 12.9. The topological polar surface area (TPSA) is 65.1 Å². The Hall–Kier alpha value is -2.25. The molecular weight excluding hydrogens is 295 g/mol. The smallest absolute Gasteiger partial charge is 0.229 e. The zero-order chi connectivity index (χ0) is 15.9. The maximum atomic E-state index is 13.2. The fraction of sp³-hybridized carbons (Fsp3) is 0.375. The lowest BCUT2D eigenvalue weighted by atomic mass is 10.3. The molecule has 1 aromatic heterocycles. The number of hydrogen-bond donors (Lipinski definition) is 3. The summed E-state index contributed by atoms with van der Waals surface area (Å²) < 4.78 is 13.2. The second-order valence-electron chi connectivity index (χ2n) is 5.43. The summed E-state index contributed by atoms with van der Waals surface area (Å²) in [7, 11) is 0. The first-order chi connectivity index (χ1) is 11.3. The van der Waals surface area contributed by atoms with Crippen molar-refractivity contribution < 1.29 is 4.39 Å². The molecule has 0 spiro atoms. The fourth-order valence-corrected chi connectivity index (χ4v) is 2.48. The van der Waals surface area contributed by atoms with E-state index in [1.165, 1.54) is 18.6 Å². The molecule has 1 fully saturated rings. The van der Waals surface area contributed by atoms with Gasteiger partial charge in [-0.2, -0.15) is 4.98 Å². The van der Waals surface area contributed by atoms with Crippen molar-refractivity contribution in [2.75, 3.05) is 36.8 Å². The van der Waals surface area contributed by atoms with Gasteiger partial charge in [-0.1, -0.05) is 6.07 Å². The number of halogens is 1. The van der Waals surface area contributed by atoms with E-state index in [0.29, 0.717) is 11.6 Å². The SMILES string of the molecule is Fc1cccc(Nc2nccc(NCCCN3CCCN3)n2)c1. The zero-order valence-corrected chi connectivity index (χ0v) is 12.9. The molecule has 6 nitrogen and oxygen atoms in total. The lowest BCUT2D eigenvalue weighted by Gasteiger charge is -2.15. The van der Waals surface area contributed by atoms with Gasteiger partial charge >= 0.3 is 0 Å². The van der Waals surface area contributed by atoms with Crippen LogP contribution in [0.1, 0.15) is 12.8 Å². The number of hydrogen-bond acceptors (Lipinski definition) is 6. The molecule has 0 amide bonds. The monoisotopic (exact) mass is 316 g/mol. The number of nitrogens with zero attached hydrogens (tertiary/aromatic N) is 3. The van der Waals surface area contributed by atoms with Crippen molar-refractivity contribution in [1.82, 2.24) is 20.4 Å². The van der Waals surface area contributed by atoms with Crippen molar-refractivity contribution in [3.8, 4) is 0 Å². The summed E-state index contributed by atoms with van der Waals surface area (Å²) in [6, 6.07) is 8.05. The molecule has 3 N–H and O–H groups in total. The van der Waals surface area contributed by atoms with Crippen molar-refractivity contribution >= 4 is 17.5 Å².